The number of nitrogens with zero attached hydrogens (tertiary/aromatic N) is 1. The average Bonchev–Trinajstić information content (AvgIpc) is 3.21. The van der Waals surface area contributed by atoms with E-state index in [9.17, 15) is 4.79 Å². The van der Waals surface area contributed by atoms with Crippen molar-refractivity contribution in [1.29, 1.82) is 5.41 Å². The lowest BCUT2D eigenvalue weighted by Crippen LogP contribution is -2.22. The number of rotatable bonds is 8. The average molecular weight is 410 g/mol. The van der Waals surface area contributed by atoms with Crippen LogP contribution in [0.1, 0.15) is 11.4 Å². The van der Waals surface area contributed by atoms with Crippen LogP contribution in [0.5, 0.6) is 5.75 Å². The van der Waals surface area contributed by atoms with Crippen molar-refractivity contribution in [2.75, 3.05) is 11.9 Å². The van der Waals surface area contributed by atoms with E-state index in [0.717, 1.165) is 22.8 Å². The SMILES string of the molecule is N=C(N)c1ccc(NCc2ncc(-c3ccccc3)[nH]2)cc1OCC(N)=O.O=CO. The van der Waals surface area contributed by atoms with Crippen molar-refractivity contribution in [2.45, 2.75) is 6.54 Å². The second kappa shape index (κ2) is 10.9. The Labute approximate surface area is 172 Å². The van der Waals surface area contributed by atoms with Crippen molar-refractivity contribution < 1.29 is 19.4 Å². The molecule has 0 bridgehead atoms. The Morgan fingerprint density at radius 1 is 1.23 bits per heavy atom. The summed E-state index contributed by atoms with van der Waals surface area (Å²) in [6, 6.07) is 15.0. The standard InChI is InChI=1S/C19H20N6O2.CH2O2/c20-17(26)11-27-16-8-13(6-7-14(16)19(21)22)23-10-18-24-9-15(25-18)12-4-2-1-3-5-12;2-1-3/h1-9,23H,10-11H2,(H2,20,26)(H3,21,22)(H,24,25);1H,(H,2,3). The van der Waals surface area contributed by atoms with Gasteiger partial charge in [-0.3, -0.25) is 15.0 Å². The molecular formula is C20H22N6O4. The van der Waals surface area contributed by atoms with Crippen LogP contribution in [0, 0.1) is 5.41 Å². The van der Waals surface area contributed by atoms with Gasteiger partial charge in [0, 0.05) is 11.8 Å². The summed E-state index contributed by atoms with van der Waals surface area (Å²) in [6.07, 6.45) is 1.78. The predicted octanol–water partition coefficient (Wildman–Crippen LogP) is 1.54. The van der Waals surface area contributed by atoms with Gasteiger partial charge in [-0.2, -0.15) is 0 Å². The van der Waals surface area contributed by atoms with Crippen LogP contribution < -0.4 is 21.5 Å². The quantitative estimate of drug-likeness (QED) is 0.185. The summed E-state index contributed by atoms with van der Waals surface area (Å²) in [5.41, 5.74) is 13.8. The number of aromatic nitrogens is 2. The lowest BCUT2D eigenvalue weighted by Gasteiger charge is -2.12. The summed E-state index contributed by atoms with van der Waals surface area (Å²) in [5.74, 6) is 0.325. The molecule has 0 atom stereocenters. The number of imidazole rings is 1. The molecular weight excluding hydrogens is 388 g/mol. The molecule has 30 heavy (non-hydrogen) atoms. The monoisotopic (exact) mass is 410 g/mol. The van der Waals surface area contributed by atoms with Gasteiger partial charge in [0.15, 0.2) is 6.61 Å². The van der Waals surface area contributed by atoms with Gasteiger partial charge in [0.05, 0.1) is 24.0 Å². The van der Waals surface area contributed by atoms with Crippen molar-refractivity contribution in [3.8, 4) is 17.0 Å². The van der Waals surface area contributed by atoms with E-state index >= 15 is 0 Å². The number of primary amides is 1. The largest absolute Gasteiger partial charge is 0.483 e. The number of ether oxygens (including phenoxy) is 1. The number of nitrogens with two attached hydrogens (primary N) is 2. The molecule has 0 aliphatic carbocycles. The van der Waals surface area contributed by atoms with Crippen LogP contribution in [0.15, 0.2) is 54.7 Å². The first kappa shape index (κ1) is 22.0. The first-order valence-electron chi connectivity index (χ1n) is 8.75. The molecule has 156 valence electrons. The van der Waals surface area contributed by atoms with Crippen molar-refractivity contribution in [2.24, 2.45) is 11.5 Å². The molecule has 3 aromatic rings. The van der Waals surface area contributed by atoms with Gasteiger partial charge in [0.25, 0.3) is 12.4 Å². The van der Waals surface area contributed by atoms with E-state index in [2.05, 4.69) is 15.3 Å². The molecule has 0 saturated carbocycles. The number of carboxylic acid groups (broad SMARTS) is 1. The van der Waals surface area contributed by atoms with Gasteiger partial charge >= 0.3 is 0 Å². The normalized spacial score (nSPS) is 9.73. The molecule has 2 aromatic carbocycles. The summed E-state index contributed by atoms with van der Waals surface area (Å²) in [6.45, 7) is -0.0795. The molecule has 0 aliphatic rings. The third kappa shape index (κ3) is 6.37. The van der Waals surface area contributed by atoms with Gasteiger partial charge in [-0.1, -0.05) is 30.3 Å². The van der Waals surface area contributed by atoms with E-state index in [-0.39, 0.29) is 18.9 Å². The number of H-pyrrole nitrogens is 1. The van der Waals surface area contributed by atoms with E-state index in [1.54, 1.807) is 24.4 Å². The minimum atomic E-state index is -0.605. The van der Waals surface area contributed by atoms with E-state index < -0.39 is 5.91 Å². The van der Waals surface area contributed by atoms with E-state index in [4.69, 9.17) is 31.5 Å². The maximum absolute atomic E-state index is 11.0. The number of anilines is 1. The van der Waals surface area contributed by atoms with Crippen molar-refractivity contribution in [3.05, 3.63) is 66.1 Å². The number of amidine groups is 1. The highest BCUT2D eigenvalue weighted by Crippen LogP contribution is 2.24. The number of amides is 1. The van der Waals surface area contributed by atoms with Crippen LogP contribution in [0.4, 0.5) is 5.69 Å². The van der Waals surface area contributed by atoms with Crippen LogP contribution in [-0.4, -0.2) is 39.9 Å². The second-order valence-corrected chi connectivity index (χ2v) is 5.95. The van der Waals surface area contributed by atoms with E-state index in [1.165, 1.54) is 0 Å². The Morgan fingerprint density at radius 2 is 1.93 bits per heavy atom. The van der Waals surface area contributed by atoms with Gasteiger partial charge in [0.1, 0.15) is 17.4 Å². The highest BCUT2D eigenvalue weighted by molar-refractivity contribution is 5.98. The summed E-state index contributed by atoms with van der Waals surface area (Å²) >= 11 is 0. The molecule has 0 aliphatic heterocycles. The number of hydrogen-bond acceptors (Lipinski definition) is 6. The van der Waals surface area contributed by atoms with Crippen LogP contribution in [0.2, 0.25) is 0 Å². The number of hydrogen-bond donors (Lipinski definition) is 6. The third-order valence-electron chi connectivity index (χ3n) is 3.81. The maximum Gasteiger partial charge on any atom is 0.290 e. The van der Waals surface area contributed by atoms with Gasteiger partial charge in [-0.15, -0.1) is 0 Å². The zero-order valence-electron chi connectivity index (χ0n) is 16.0. The van der Waals surface area contributed by atoms with Crippen molar-refractivity contribution in [3.63, 3.8) is 0 Å². The zero-order chi connectivity index (χ0) is 21.9. The van der Waals surface area contributed by atoms with Gasteiger partial charge in [-0.25, -0.2) is 4.98 Å². The maximum atomic E-state index is 11.0. The summed E-state index contributed by atoms with van der Waals surface area (Å²) in [7, 11) is 0. The summed E-state index contributed by atoms with van der Waals surface area (Å²) in [4.78, 5) is 26.9. The smallest absolute Gasteiger partial charge is 0.290 e. The molecule has 0 unspecified atom stereocenters. The molecule has 3 rings (SSSR count). The molecule has 1 amide bonds. The summed E-state index contributed by atoms with van der Waals surface area (Å²) < 4.78 is 5.36. The van der Waals surface area contributed by atoms with Crippen LogP contribution in [-0.2, 0) is 16.1 Å². The molecule has 10 nitrogen and oxygen atoms in total. The predicted molar refractivity (Wildman–Crippen MR) is 112 cm³/mol. The van der Waals surface area contributed by atoms with Gasteiger partial charge < -0.3 is 31.6 Å². The Hall–Kier alpha value is -4.34. The Morgan fingerprint density at radius 3 is 2.57 bits per heavy atom. The number of carbonyl (C=O) groups excluding carboxylic acids is 1. The topological polar surface area (TPSA) is 180 Å². The lowest BCUT2D eigenvalue weighted by atomic mass is 10.1. The fourth-order valence-electron chi connectivity index (χ4n) is 2.53. The molecule has 0 fully saturated rings. The Balaban J connectivity index is 0.00000101. The highest BCUT2D eigenvalue weighted by Gasteiger charge is 2.10. The molecule has 0 saturated heterocycles. The van der Waals surface area contributed by atoms with Gasteiger partial charge in [0.2, 0.25) is 0 Å². The zero-order valence-corrected chi connectivity index (χ0v) is 16.0. The number of benzene rings is 2. The number of nitrogens with one attached hydrogen (secondary N) is 3. The molecule has 1 heterocycles. The molecule has 0 spiro atoms. The van der Waals surface area contributed by atoms with Gasteiger partial charge in [-0.05, 0) is 17.7 Å². The van der Waals surface area contributed by atoms with Crippen LogP contribution in [0.25, 0.3) is 11.3 Å². The third-order valence-corrected chi connectivity index (χ3v) is 3.81. The molecule has 8 N–H and O–H groups in total. The minimum absolute atomic E-state index is 0.153. The minimum Gasteiger partial charge on any atom is -0.483 e. The Kier molecular flexibility index (Phi) is 7.94. The summed E-state index contributed by atoms with van der Waals surface area (Å²) in [5, 5.41) is 17.7. The Bertz CT molecular complexity index is 1000. The van der Waals surface area contributed by atoms with Crippen LogP contribution >= 0.6 is 0 Å². The number of carbonyl (C=O) groups is 2. The first-order valence-corrected chi connectivity index (χ1v) is 8.75. The second-order valence-electron chi connectivity index (χ2n) is 5.95. The fraction of sp³-hybridized carbons (Fsp3) is 0.100. The number of aromatic amines is 1. The van der Waals surface area contributed by atoms with Crippen molar-refractivity contribution >= 4 is 23.9 Å². The fourth-order valence-corrected chi connectivity index (χ4v) is 2.53. The molecule has 10 heteroatoms. The molecule has 1 aromatic heterocycles. The van der Waals surface area contributed by atoms with Crippen molar-refractivity contribution in [1.82, 2.24) is 9.97 Å². The van der Waals surface area contributed by atoms with Crippen LogP contribution in [0.3, 0.4) is 0 Å². The van der Waals surface area contributed by atoms with E-state index in [0.29, 0.717) is 17.9 Å². The molecule has 0 radical (unpaired) electrons. The highest BCUT2D eigenvalue weighted by atomic mass is 16.5. The first-order chi connectivity index (χ1) is 14.4. The van der Waals surface area contributed by atoms with E-state index in [1.807, 2.05) is 30.3 Å². The number of nitrogen functional groups attached to an aromatic ring is 1. The lowest BCUT2D eigenvalue weighted by molar-refractivity contribution is -0.123.